The predicted molar refractivity (Wildman–Crippen MR) is 112 cm³/mol. The molecule has 1 atom stereocenters. The maximum atomic E-state index is 12.3. The second kappa shape index (κ2) is 11.7. The van der Waals surface area contributed by atoms with Gasteiger partial charge in [-0.25, -0.2) is 9.59 Å². The van der Waals surface area contributed by atoms with Gasteiger partial charge in [-0.05, 0) is 49.2 Å². The smallest absolute Gasteiger partial charge is 0.343 e. The molecule has 0 heterocycles. The Kier molecular flexibility index (Phi) is 8.96. The van der Waals surface area contributed by atoms with Crippen LogP contribution in [0.5, 0.6) is 11.5 Å². The lowest BCUT2D eigenvalue weighted by Gasteiger charge is -2.19. The fourth-order valence-electron chi connectivity index (χ4n) is 2.71. The van der Waals surface area contributed by atoms with Crippen LogP contribution in [0.2, 0.25) is 0 Å². The van der Waals surface area contributed by atoms with Gasteiger partial charge in [0.25, 0.3) is 0 Å². The van der Waals surface area contributed by atoms with E-state index in [1.165, 1.54) is 0 Å². The third-order valence-electron chi connectivity index (χ3n) is 4.36. The van der Waals surface area contributed by atoms with E-state index in [0.29, 0.717) is 23.5 Å². The van der Waals surface area contributed by atoms with Crippen LogP contribution in [0.25, 0.3) is 0 Å². The Hall–Kier alpha value is -3.08. The normalized spacial score (nSPS) is 11.4. The molecule has 154 valence electrons. The molecule has 0 aliphatic carbocycles. The molecule has 0 radical (unpaired) electrons. The second-order valence-electron chi connectivity index (χ2n) is 6.72. The van der Waals surface area contributed by atoms with Crippen molar-refractivity contribution in [1.82, 2.24) is 0 Å². The predicted octanol–water partition coefficient (Wildman–Crippen LogP) is 5.62. The number of hydrogen-bond acceptors (Lipinski definition) is 5. The van der Waals surface area contributed by atoms with Gasteiger partial charge in [0.15, 0.2) is 0 Å². The van der Waals surface area contributed by atoms with Gasteiger partial charge in [-0.1, -0.05) is 51.0 Å². The Morgan fingerprint density at radius 1 is 1.03 bits per heavy atom. The van der Waals surface area contributed by atoms with Crippen molar-refractivity contribution < 1.29 is 23.8 Å². The minimum Gasteiger partial charge on any atom is -0.455 e. The standard InChI is InChI=1S/C24H28O5/c1-4-6-7-8-13-23(29-22(25)5-2)27-20-16-14-19(15-17-20)24(26)28-21-12-10-9-11-18(21)3/h5,9-12,14-17,23H,2,4,6-8,13H2,1,3H3. The Morgan fingerprint density at radius 3 is 2.41 bits per heavy atom. The molecule has 0 aliphatic heterocycles. The van der Waals surface area contributed by atoms with Crippen molar-refractivity contribution in [2.75, 3.05) is 0 Å². The molecule has 0 spiro atoms. The summed E-state index contributed by atoms with van der Waals surface area (Å²) in [5.41, 5.74) is 1.29. The van der Waals surface area contributed by atoms with Crippen LogP contribution in [-0.2, 0) is 9.53 Å². The molecule has 0 saturated carbocycles. The molecule has 0 aliphatic rings. The number of hydrogen-bond donors (Lipinski definition) is 0. The Labute approximate surface area is 172 Å². The first-order valence-corrected chi connectivity index (χ1v) is 9.91. The van der Waals surface area contributed by atoms with Crippen LogP contribution in [0.1, 0.15) is 54.9 Å². The molecule has 2 aromatic rings. The highest BCUT2D eigenvalue weighted by Crippen LogP contribution is 2.21. The molecule has 0 bridgehead atoms. The average molecular weight is 396 g/mol. The minimum atomic E-state index is -0.692. The van der Waals surface area contributed by atoms with Crippen LogP contribution in [-0.4, -0.2) is 18.2 Å². The summed E-state index contributed by atoms with van der Waals surface area (Å²) in [5, 5.41) is 0. The van der Waals surface area contributed by atoms with Gasteiger partial charge < -0.3 is 14.2 Å². The van der Waals surface area contributed by atoms with Gasteiger partial charge >= 0.3 is 11.9 Å². The molecule has 0 aromatic heterocycles. The highest BCUT2D eigenvalue weighted by molar-refractivity contribution is 5.91. The van der Waals surface area contributed by atoms with Crippen molar-refractivity contribution in [2.45, 2.75) is 52.2 Å². The molecule has 2 rings (SSSR count). The number of unbranched alkanes of at least 4 members (excludes halogenated alkanes) is 3. The number of carbonyl (C=O) groups is 2. The number of rotatable bonds is 11. The molecular weight excluding hydrogens is 368 g/mol. The van der Waals surface area contributed by atoms with Crippen LogP contribution >= 0.6 is 0 Å². The monoisotopic (exact) mass is 396 g/mol. The zero-order valence-corrected chi connectivity index (χ0v) is 17.1. The highest BCUT2D eigenvalue weighted by Gasteiger charge is 2.15. The summed E-state index contributed by atoms with van der Waals surface area (Å²) in [4.78, 5) is 23.9. The molecule has 5 heteroatoms. The van der Waals surface area contributed by atoms with Crippen LogP contribution in [0.15, 0.2) is 61.2 Å². The van der Waals surface area contributed by atoms with Crippen molar-refractivity contribution in [2.24, 2.45) is 0 Å². The number of ether oxygens (including phenoxy) is 3. The van der Waals surface area contributed by atoms with E-state index >= 15 is 0 Å². The summed E-state index contributed by atoms with van der Waals surface area (Å²) in [6.07, 6.45) is 5.21. The van der Waals surface area contributed by atoms with Gasteiger partial charge in [-0.3, -0.25) is 0 Å². The van der Waals surface area contributed by atoms with Gasteiger partial charge in [0, 0.05) is 12.5 Å². The summed E-state index contributed by atoms with van der Waals surface area (Å²) in [5.74, 6) is 0.0695. The van der Waals surface area contributed by atoms with E-state index in [9.17, 15) is 9.59 Å². The topological polar surface area (TPSA) is 61.8 Å². The van der Waals surface area contributed by atoms with E-state index in [1.807, 2.05) is 25.1 Å². The van der Waals surface area contributed by atoms with Gasteiger partial charge in [0.1, 0.15) is 11.5 Å². The van der Waals surface area contributed by atoms with E-state index in [-0.39, 0.29) is 0 Å². The summed E-state index contributed by atoms with van der Waals surface area (Å²) >= 11 is 0. The van der Waals surface area contributed by atoms with E-state index < -0.39 is 18.2 Å². The van der Waals surface area contributed by atoms with Crippen LogP contribution in [0, 0.1) is 6.92 Å². The molecule has 0 saturated heterocycles. The fraction of sp³-hybridized carbons (Fsp3) is 0.333. The number of para-hydroxylation sites is 1. The van der Waals surface area contributed by atoms with Crippen molar-refractivity contribution in [3.8, 4) is 11.5 Å². The van der Waals surface area contributed by atoms with E-state index in [2.05, 4.69) is 13.5 Å². The number of esters is 2. The number of benzene rings is 2. The third kappa shape index (κ3) is 7.45. The Morgan fingerprint density at radius 2 is 1.76 bits per heavy atom. The van der Waals surface area contributed by atoms with Crippen molar-refractivity contribution in [1.29, 1.82) is 0 Å². The molecule has 5 nitrogen and oxygen atoms in total. The Balaban J connectivity index is 1.98. The van der Waals surface area contributed by atoms with Crippen molar-refractivity contribution in [3.05, 3.63) is 72.3 Å². The van der Waals surface area contributed by atoms with Gasteiger partial charge in [-0.2, -0.15) is 0 Å². The van der Waals surface area contributed by atoms with Crippen molar-refractivity contribution in [3.63, 3.8) is 0 Å². The van der Waals surface area contributed by atoms with E-state index in [0.717, 1.165) is 37.3 Å². The molecule has 0 N–H and O–H groups in total. The van der Waals surface area contributed by atoms with Gasteiger partial charge in [0.2, 0.25) is 6.29 Å². The maximum absolute atomic E-state index is 12.3. The van der Waals surface area contributed by atoms with Crippen molar-refractivity contribution >= 4 is 11.9 Å². The highest BCUT2D eigenvalue weighted by atomic mass is 16.7. The summed E-state index contributed by atoms with van der Waals surface area (Å²) in [7, 11) is 0. The van der Waals surface area contributed by atoms with E-state index in [1.54, 1.807) is 30.3 Å². The van der Waals surface area contributed by atoms with Crippen LogP contribution < -0.4 is 9.47 Å². The van der Waals surface area contributed by atoms with Gasteiger partial charge in [0.05, 0.1) is 5.56 Å². The lowest BCUT2D eigenvalue weighted by molar-refractivity contribution is -0.158. The molecule has 0 fully saturated rings. The molecule has 1 unspecified atom stereocenters. The molecule has 2 aromatic carbocycles. The number of carbonyl (C=O) groups excluding carboxylic acids is 2. The first-order chi connectivity index (χ1) is 14.0. The number of aryl methyl sites for hydroxylation is 1. The largest absolute Gasteiger partial charge is 0.455 e. The summed E-state index contributed by atoms with van der Waals surface area (Å²) < 4.78 is 16.5. The summed E-state index contributed by atoms with van der Waals surface area (Å²) in [6.45, 7) is 7.44. The summed E-state index contributed by atoms with van der Waals surface area (Å²) in [6, 6.07) is 13.9. The lowest BCUT2D eigenvalue weighted by Crippen LogP contribution is -2.23. The first-order valence-electron chi connectivity index (χ1n) is 9.91. The van der Waals surface area contributed by atoms with E-state index in [4.69, 9.17) is 14.2 Å². The zero-order chi connectivity index (χ0) is 21.1. The SMILES string of the molecule is C=CC(=O)OC(CCCCCC)Oc1ccc(C(=O)Oc2ccccc2C)cc1. The average Bonchev–Trinajstić information content (AvgIpc) is 2.73. The fourth-order valence-corrected chi connectivity index (χ4v) is 2.71. The van der Waals surface area contributed by atoms with Crippen LogP contribution in [0.4, 0.5) is 0 Å². The molecular formula is C24H28O5. The zero-order valence-electron chi connectivity index (χ0n) is 17.1. The van der Waals surface area contributed by atoms with Crippen LogP contribution in [0.3, 0.4) is 0 Å². The molecule has 29 heavy (non-hydrogen) atoms. The molecule has 0 amide bonds. The Bertz CT molecular complexity index is 810. The first kappa shape index (κ1) is 22.2. The maximum Gasteiger partial charge on any atom is 0.343 e. The lowest BCUT2D eigenvalue weighted by atomic mass is 10.1. The second-order valence-corrected chi connectivity index (χ2v) is 6.72. The van der Waals surface area contributed by atoms with Gasteiger partial charge in [-0.15, -0.1) is 0 Å². The minimum absolute atomic E-state index is 0.406. The quantitative estimate of drug-likeness (QED) is 0.162. The third-order valence-corrected chi connectivity index (χ3v) is 4.36.